The van der Waals surface area contributed by atoms with Crippen LogP contribution >= 0.6 is 0 Å². The van der Waals surface area contributed by atoms with E-state index in [-0.39, 0.29) is 19.1 Å². The van der Waals surface area contributed by atoms with Gasteiger partial charge in [0.25, 0.3) is 0 Å². The Hall–Kier alpha value is -0.610. The Bertz CT molecular complexity index is 139. The fourth-order valence-electron chi connectivity index (χ4n) is 1.01. The second kappa shape index (κ2) is 8.01. The van der Waals surface area contributed by atoms with E-state index in [4.69, 9.17) is 10.2 Å². The van der Waals surface area contributed by atoms with Gasteiger partial charge in [-0.2, -0.15) is 0 Å². The Morgan fingerprint density at radius 2 is 1.77 bits per heavy atom. The SMILES string of the molecule is CN(CCCO)C(=O)CCCCO. The number of unbranched alkanes of at least 4 members (excludes halogenated alkanes) is 1. The highest BCUT2D eigenvalue weighted by Gasteiger charge is 2.06. The molecule has 0 aromatic rings. The van der Waals surface area contributed by atoms with E-state index in [9.17, 15) is 4.79 Å². The number of aliphatic hydroxyl groups is 2. The lowest BCUT2D eigenvalue weighted by Crippen LogP contribution is -2.27. The molecule has 0 bridgehead atoms. The lowest BCUT2D eigenvalue weighted by atomic mass is 10.2. The molecule has 0 unspecified atom stereocenters. The summed E-state index contributed by atoms with van der Waals surface area (Å²) in [7, 11) is 1.73. The highest BCUT2D eigenvalue weighted by molar-refractivity contribution is 5.75. The van der Waals surface area contributed by atoms with Crippen molar-refractivity contribution in [2.24, 2.45) is 0 Å². The average molecular weight is 189 g/mol. The number of nitrogens with zero attached hydrogens (tertiary/aromatic N) is 1. The van der Waals surface area contributed by atoms with E-state index in [0.29, 0.717) is 25.8 Å². The summed E-state index contributed by atoms with van der Waals surface area (Å²) in [5, 5.41) is 17.0. The molecule has 0 spiro atoms. The maximum absolute atomic E-state index is 11.3. The minimum Gasteiger partial charge on any atom is -0.396 e. The smallest absolute Gasteiger partial charge is 0.222 e. The standard InChI is InChI=1S/C9H19NO3/c1-10(6-4-8-12)9(13)5-2-3-7-11/h11-12H,2-8H2,1H3. The lowest BCUT2D eigenvalue weighted by Gasteiger charge is -2.15. The van der Waals surface area contributed by atoms with E-state index in [1.165, 1.54) is 0 Å². The summed E-state index contributed by atoms with van der Waals surface area (Å²) in [6.45, 7) is 0.871. The predicted molar refractivity (Wildman–Crippen MR) is 50.3 cm³/mol. The summed E-state index contributed by atoms with van der Waals surface area (Å²) < 4.78 is 0. The third-order valence-electron chi connectivity index (χ3n) is 1.88. The monoisotopic (exact) mass is 189 g/mol. The van der Waals surface area contributed by atoms with Gasteiger partial charge in [0.05, 0.1) is 0 Å². The van der Waals surface area contributed by atoms with Gasteiger partial charge >= 0.3 is 0 Å². The quantitative estimate of drug-likeness (QED) is 0.554. The van der Waals surface area contributed by atoms with Crippen LogP contribution in [-0.4, -0.2) is 47.8 Å². The Kier molecular flexibility index (Phi) is 7.63. The zero-order valence-electron chi connectivity index (χ0n) is 8.20. The van der Waals surface area contributed by atoms with Crippen LogP contribution in [-0.2, 0) is 4.79 Å². The molecule has 0 aliphatic rings. The van der Waals surface area contributed by atoms with Gasteiger partial charge in [-0.25, -0.2) is 0 Å². The molecule has 0 aliphatic carbocycles. The zero-order valence-corrected chi connectivity index (χ0v) is 8.20. The van der Waals surface area contributed by atoms with Crippen molar-refractivity contribution in [1.82, 2.24) is 4.90 Å². The van der Waals surface area contributed by atoms with Crippen molar-refractivity contribution >= 4 is 5.91 Å². The number of amides is 1. The molecular weight excluding hydrogens is 170 g/mol. The second-order valence-corrected chi connectivity index (χ2v) is 3.07. The Morgan fingerprint density at radius 3 is 2.31 bits per heavy atom. The molecule has 0 fully saturated rings. The van der Waals surface area contributed by atoms with Crippen LogP contribution in [0.25, 0.3) is 0 Å². The first-order chi connectivity index (χ1) is 6.22. The van der Waals surface area contributed by atoms with Crippen LogP contribution in [0, 0.1) is 0 Å². The Balaban J connectivity index is 3.45. The molecule has 78 valence electrons. The maximum atomic E-state index is 11.3. The van der Waals surface area contributed by atoms with Gasteiger partial charge in [-0.15, -0.1) is 0 Å². The van der Waals surface area contributed by atoms with Gasteiger partial charge < -0.3 is 15.1 Å². The molecule has 0 aliphatic heterocycles. The molecule has 0 saturated carbocycles. The molecule has 0 rings (SSSR count). The third kappa shape index (κ3) is 6.54. The fraction of sp³-hybridized carbons (Fsp3) is 0.889. The maximum Gasteiger partial charge on any atom is 0.222 e. The van der Waals surface area contributed by atoms with Crippen molar-refractivity contribution in [3.8, 4) is 0 Å². The average Bonchev–Trinajstić information content (AvgIpc) is 2.14. The van der Waals surface area contributed by atoms with Crippen molar-refractivity contribution in [2.75, 3.05) is 26.8 Å². The van der Waals surface area contributed by atoms with Gasteiger partial charge in [0.1, 0.15) is 0 Å². The van der Waals surface area contributed by atoms with Crippen LogP contribution in [0.1, 0.15) is 25.7 Å². The number of rotatable bonds is 7. The van der Waals surface area contributed by atoms with Crippen molar-refractivity contribution in [1.29, 1.82) is 0 Å². The highest BCUT2D eigenvalue weighted by Crippen LogP contribution is 1.99. The topological polar surface area (TPSA) is 60.8 Å². The lowest BCUT2D eigenvalue weighted by molar-refractivity contribution is -0.130. The van der Waals surface area contributed by atoms with Crippen molar-refractivity contribution in [2.45, 2.75) is 25.7 Å². The van der Waals surface area contributed by atoms with Gasteiger partial charge in [-0.1, -0.05) is 0 Å². The summed E-state index contributed by atoms with van der Waals surface area (Å²) in [6, 6.07) is 0. The normalized spacial score (nSPS) is 10.1. The number of hydrogen-bond donors (Lipinski definition) is 2. The van der Waals surface area contributed by atoms with Crippen LogP contribution in [0.3, 0.4) is 0 Å². The number of carbonyl (C=O) groups excluding carboxylic acids is 1. The van der Waals surface area contributed by atoms with E-state index in [2.05, 4.69) is 0 Å². The molecule has 0 aromatic carbocycles. The minimum atomic E-state index is 0.0851. The molecule has 0 aromatic heterocycles. The summed E-state index contributed by atoms with van der Waals surface area (Å²) in [4.78, 5) is 12.9. The van der Waals surface area contributed by atoms with Crippen molar-refractivity contribution in [3.05, 3.63) is 0 Å². The molecule has 4 nitrogen and oxygen atoms in total. The molecule has 0 saturated heterocycles. The van der Waals surface area contributed by atoms with Crippen molar-refractivity contribution in [3.63, 3.8) is 0 Å². The van der Waals surface area contributed by atoms with Crippen LogP contribution in [0.4, 0.5) is 0 Å². The Morgan fingerprint density at radius 1 is 1.15 bits per heavy atom. The van der Waals surface area contributed by atoms with Gasteiger partial charge in [-0.05, 0) is 19.3 Å². The third-order valence-corrected chi connectivity index (χ3v) is 1.88. The van der Waals surface area contributed by atoms with E-state index in [1.54, 1.807) is 11.9 Å². The summed E-state index contributed by atoms with van der Waals surface area (Å²) >= 11 is 0. The molecular formula is C9H19NO3. The highest BCUT2D eigenvalue weighted by atomic mass is 16.3. The molecule has 1 amide bonds. The van der Waals surface area contributed by atoms with E-state index < -0.39 is 0 Å². The van der Waals surface area contributed by atoms with Gasteiger partial charge in [0.2, 0.25) is 5.91 Å². The van der Waals surface area contributed by atoms with Gasteiger partial charge in [0.15, 0.2) is 0 Å². The fourth-order valence-corrected chi connectivity index (χ4v) is 1.01. The van der Waals surface area contributed by atoms with Crippen LogP contribution in [0.2, 0.25) is 0 Å². The number of carbonyl (C=O) groups is 1. The van der Waals surface area contributed by atoms with Crippen LogP contribution in [0.15, 0.2) is 0 Å². The van der Waals surface area contributed by atoms with E-state index in [0.717, 1.165) is 6.42 Å². The van der Waals surface area contributed by atoms with E-state index >= 15 is 0 Å². The zero-order chi connectivity index (χ0) is 10.1. The number of aliphatic hydroxyl groups excluding tert-OH is 2. The summed E-state index contributed by atoms with van der Waals surface area (Å²) in [5.74, 6) is 0.0851. The molecule has 0 radical (unpaired) electrons. The molecule has 4 heteroatoms. The second-order valence-electron chi connectivity index (χ2n) is 3.07. The van der Waals surface area contributed by atoms with E-state index in [1.807, 2.05) is 0 Å². The first kappa shape index (κ1) is 12.4. The van der Waals surface area contributed by atoms with Gasteiger partial charge in [0, 0.05) is 33.2 Å². The molecule has 13 heavy (non-hydrogen) atoms. The summed E-state index contributed by atoms with van der Waals surface area (Å²) in [5.41, 5.74) is 0. The molecule has 2 N–H and O–H groups in total. The largest absolute Gasteiger partial charge is 0.396 e. The first-order valence-corrected chi connectivity index (χ1v) is 4.68. The molecule has 0 atom stereocenters. The number of hydrogen-bond acceptors (Lipinski definition) is 3. The summed E-state index contributed by atoms with van der Waals surface area (Å²) in [6.07, 6.45) is 2.53. The van der Waals surface area contributed by atoms with Crippen LogP contribution in [0.5, 0.6) is 0 Å². The van der Waals surface area contributed by atoms with Crippen molar-refractivity contribution < 1.29 is 15.0 Å². The predicted octanol–water partition coefficient (Wildman–Crippen LogP) is -0.0102. The van der Waals surface area contributed by atoms with Gasteiger partial charge in [-0.3, -0.25) is 4.79 Å². The first-order valence-electron chi connectivity index (χ1n) is 4.68. The Labute approximate surface area is 79.2 Å². The molecule has 0 heterocycles. The van der Waals surface area contributed by atoms with Crippen LogP contribution < -0.4 is 0 Å². The minimum absolute atomic E-state index is 0.0851.